The van der Waals surface area contributed by atoms with Crippen LogP contribution in [0, 0.1) is 10.1 Å². The molecule has 0 aliphatic carbocycles. The molecule has 5 rings (SSSR count). The van der Waals surface area contributed by atoms with Gasteiger partial charge in [0.25, 0.3) is 21.6 Å². The monoisotopic (exact) mass is 937 g/mol. The molecule has 0 aliphatic heterocycles. The molecule has 338 valence electrons. The van der Waals surface area contributed by atoms with Gasteiger partial charge in [0.2, 0.25) is 5.16 Å². The molecule has 1 atom stereocenters. The lowest BCUT2D eigenvalue weighted by molar-refractivity contribution is -0.385. The van der Waals surface area contributed by atoms with Crippen molar-refractivity contribution in [2.24, 2.45) is 0 Å². The Morgan fingerprint density at radius 1 is 1.00 bits per heavy atom. The smallest absolute Gasteiger partial charge is 0.422 e. The molecule has 2 aromatic heterocycles. The number of alkyl halides is 3. The minimum absolute atomic E-state index is 0.0351. The lowest BCUT2D eigenvalue weighted by atomic mass is 10.0. The molecular formula is C40H42F3N5O12S3. The highest BCUT2D eigenvalue weighted by Crippen LogP contribution is 2.34. The van der Waals surface area contributed by atoms with E-state index in [4.69, 9.17) is 14.2 Å². The zero-order valence-corrected chi connectivity index (χ0v) is 36.4. The lowest BCUT2D eigenvalue weighted by Gasteiger charge is -2.18. The van der Waals surface area contributed by atoms with Gasteiger partial charge in [-0.05, 0) is 66.8 Å². The van der Waals surface area contributed by atoms with Gasteiger partial charge in [0.15, 0.2) is 23.1 Å². The molecule has 0 fully saturated rings. The Labute approximate surface area is 362 Å². The average Bonchev–Trinajstić information content (AvgIpc) is 3.64. The highest BCUT2D eigenvalue weighted by molar-refractivity contribution is 7.91. The van der Waals surface area contributed by atoms with E-state index < -0.39 is 90.8 Å². The molecule has 0 spiro atoms. The van der Waals surface area contributed by atoms with Gasteiger partial charge >= 0.3 is 12.1 Å². The van der Waals surface area contributed by atoms with Crippen LogP contribution in [0.4, 0.5) is 18.9 Å². The molecule has 0 aliphatic rings. The second-order valence-corrected chi connectivity index (χ2v) is 19.2. The number of sulfone groups is 1. The van der Waals surface area contributed by atoms with Crippen LogP contribution in [0.1, 0.15) is 56.4 Å². The third kappa shape index (κ3) is 12.4. The molecule has 1 amide bonds. The first-order valence-electron chi connectivity index (χ1n) is 19.2. The fourth-order valence-corrected chi connectivity index (χ4v) is 10.6. The number of hydrogen-bond acceptors (Lipinski definition) is 14. The number of pyridine rings is 1. The van der Waals surface area contributed by atoms with Gasteiger partial charge < -0.3 is 19.5 Å². The first-order valence-corrected chi connectivity index (χ1v) is 23.6. The quantitative estimate of drug-likeness (QED) is 0.0396. The Balaban J connectivity index is 1.22. The zero-order valence-electron chi connectivity index (χ0n) is 34.0. The Kier molecular flexibility index (Phi) is 15.6. The van der Waals surface area contributed by atoms with Crippen LogP contribution in [0.15, 0.2) is 93.9 Å². The summed E-state index contributed by atoms with van der Waals surface area (Å²) in [7, 11) is -10.7. The molecule has 0 radical (unpaired) electrons. The number of imidazole rings is 1. The maximum Gasteiger partial charge on any atom is 0.422 e. The van der Waals surface area contributed by atoms with E-state index >= 15 is 0 Å². The number of carbonyl (C=O) groups excluding carboxylic acids is 2. The molecule has 0 bridgehead atoms. The number of halogens is 3. The van der Waals surface area contributed by atoms with Gasteiger partial charge in [-0.25, -0.2) is 25.8 Å². The largest absolute Gasteiger partial charge is 0.484 e. The standard InChI is InChI=1S/C40H42F3N5O12S3/c1-4-30-33(44-18-16-35(30)60-25-40(41,42)43)24-61(53)39-46-32-11-5-6-12-34(32)47(39)63(56,57)36-15-14-28(22-31(36)26(2)3)59-23-37(49)45-17-8-13-38(50)58-19-20-62(54,55)29-10-7-9-27(21-29)48(51)52/h5-7,9-12,14-16,18,21-22,26H,4,8,13,17,19-20,23-25H2,1-3H3,(H,45,49). The third-order valence-corrected chi connectivity index (χ3v) is 14.0. The van der Waals surface area contributed by atoms with Crippen LogP contribution in [0.5, 0.6) is 11.5 Å². The molecule has 0 saturated heterocycles. The molecule has 2 heterocycles. The number of nitro groups is 1. The number of carbonyl (C=O) groups is 2. The van der Waals surface area contributed by atoms with Crippen molar-refractivity contribution in [1.29, 1.82) is 0 Å². The van der Waals surface area contributed by atoms with Gasteiger partial charge in [0.1, 0.15) is 18.1 Å². The van der Waals surface area contributed by atoms with Gasteiger partial charge in [-0.15, -0.1) is 0 Å². The van der Waals surface area contributed by atoms with Crippen molar-refractivity contribution in [3.63, 3.8) is 0 Å². The normalized spacial score (nSPS) is 12.6. The Morgan fingerprint density at radius 3 is 2.44 bits per heavy atom. The summed E-state index contributed by atoms with van der Waals surface area (Å²) in [6.07, 6.45) is -3.22. The SMILES string of the molecule is CCc1c(OCC(F)(F)F)ccnc1CS(=O)c1nc2ccccc2n1S(=O)(=O)c1ccc(OCC(=O)NCCCC(=O)OCCS(=O)(=O)c2cccc([N+](=O)[O-])c2)cc1C(C)C. The van der Waals surface area contributed by atoms with Crippen molar-refractivity contribution < 1.29 is 62.9 Å². The minimum Gasteiger partial charge on any atom is -0.484 e. The first kappa shape index (κ1) is 48.1. The Bertz CT molecular complexity index is 2740. The van der Waals surface area contributed by atoms with Crippen molar-refractivity contribution in [3.8, 4) is 11.5 Å². The van der Waals surface area contributed by atoms with Gasteiger partial charge in [-0.3, -0.25) is 28.9 Å². The van der Waals surface area contributed by atoms with E-state index in [-0.39, 0.29) is 80.3 Å². The number of aromatic nitrogens is 3. The number of esters is 1. The number of fused-ring (bicyclic) bond motifs is 1. The fourth-order valence-electron chi connectivity index (χ4n) is 6.17. The molecular weight excluding hydrogens is 896 g/mol. The number of ether oxygens (including phenoxy) is 3. The van der Waals surface area contributed by atoms with Crippen molar-refractivity contribution in [2.45, 2.75) is 72.8 Å². The number of hydrogen-bond donors (Lipinski definition) is 1. The Hall–Kier alpha value is -5.94. The summed E-state index contributed by atoms with van der Waals surface area (Å²) < 4.78 is 124. The summed E-state index contributed by atoms with van der Waals surface area (Å²) in [6.45, 7) is 2.67. The summed E-state index contributed by atoms with van der Waals surface area (Å²) in [5.41, 5.74) is 0.659. The third-order valence-electron chi connectivity index (χ3n) is 9.18. The van der Waals surface area contributed by atoms with E-state index in [1.165, 1.54) is 48.7 Å². The number of nitrogens with zero attached hydrogens (tertiary/aromatic N) is 4. The van der Waals surface area contributed by atoms with E-state index in [1.54, 1.807) is 39.0 Å². The number of rotatable bonds is 21. The van der Waals surface area contributed by atoms with Crippen molar-refractivity contribution >= 4 is 59.3 Å². The number of amides is 1. The van der Waals surface area contributed by atoms with Crippen molar-refractivity contribution in [1.82, 2.24) is 19.3 Å². The van der Waals surface area contributed by atoms with Crippen LogP contribution in [-0.2, 0) is 57.2 Å². The van der Waals surface area contributed by atoms with Crippen LogP contribution in [0.3, 0.4) is 0 Å². The first-order chi connectivity index (χ1) is 29.7. The minimum atomic E-state index is -4.60. The summed E-state index contributed by atoms with van der Waals surface area (Å²) in [5, 5.41) is 13.2. The molecule has 1 N–H and O–H groups in total. The predicted octanol–water partition coefficient (Wildman–Crippen LogP) is 5.80. The molecule has 0 saturated carbocycles. The second-order valence-electron chi connectivity index (χ2n) is 14.0. The van der Waals surface area contributed by atoms with Crippen LogP contribution >= 0.6 is 0 Å². The molecule has 5 aromatic rings. The van der Waals surface area contributed by atoms with E-state index in [2.05, 4.69) is 15.3 Å². The van der Waals surface area contributed by atoms with E-state index in [9.17, 15) is 53.9 Å². The van der Waals surface area contributed by atoms with Gasteiger partial charge in [-0.1, -0.05) is 39.0 Å². The maximum absolute atomic E-state index is 14.6. The lowest BCUT2D eigenvalue weighted by Crippen LogP contribution is -2.30. The topological polar surface area (TPSA) is 233 Å². The number of para-hydroxylation sites is 2. The summed E-state index contributed by atoms with van der Waals surface area (Å²) in [4.78, 5) is 43.2. The Morgan fingerprint density at radius 2 is 1.75 bits per heavy atom. The summed E-state index contributed by atoms with van der Waals surface area (Å²) in [6, 6.07) is 16.1. The van der Waals surface area contributed by atoms with Gasteiger partial charge in [-0.2, -0.15) is 13.2 Å². The molecule has 17 nitrogen and oxygen atoms in total. The highest BCUT2D eigenvalue weighted by atomic mass is 32.2. The summed E-state index contributed by atoms with van der Waals surface area (Å²) in [5.74, 6) is -2.62. The van der Waals surface area contributed by atoms with E-state index in [0.29, 0.717) is 5.56 Å². The molecule has 1 unspecified atom stereocenters. The van der Waals surface area contributed by atoms with Crippen LogP contribution in [-0.4, -0.2) is 90.1 Å². The maximum atomic E-state index is 14.6. The van der Waals surface area contributed by atoms with Crippen LogP contribution in [0.2, 0.25) is 0 Å². The number of nitro benzene ring substituents is 1. The predicted molar refractivity (Wildman–Crippen MR) is 222 cm³/mol. The van der Waals surface area contributed by atoms with E-state index in [1.807, 2.05) is 0 Å². The molecule has 3 aromatic carbocycles. The molecule has 63 heavy (non-hydrogen) atoms. The summed E-state index contributed by atoms with van der Waals surface area (Å²) >= 11 is 0. The van der Waals surface area contributed by atoms with Crippen LogP contribution in [0.25, 0.3) is 11.0 Å². The molecule has 23 heteroatoms. The van der Waals surface area contributed by atoms with Crippen molar-refractivity contribution in [3.05, 3.63) is 106 Å². The fraction of sp³-hybridized carbons (Fsp3) is 0.350. The van der Waals surface area contributed by atoms with E-state index in [0.717, 1.165) is 16.1 Å². The van der Waals surface area contributed by atoms with Gasteiger partial charge in [0.05, 0.1) is 53.7 Å². The number of nitrogens with one attached hydrogen (secondary N) is 1. The van der Waals surface area contributed by atoms with Gasteiger partial charge in [0, 0.05) is 36.9 Å². The number of non-ortho nitro benzene ring substituents is 1. The number of benzene rings is 3. The zero-order chi connectivity index (χ0) is 46.1. The highest BCUT2D eigenvalue weighted by Gasteiger charge is 2.32. The van der Waals surface area contributed by atoms with Crippen LogP contribution < -0.4 is 14.8 Å². The second kappa shape index (κ2) is 20.5. The van der Waals surface area contributed by atoms with Crippen molar-refractivity contribution in [2.75, 3.05) is 32.1 Å². The average molecular weight is 938 g/mol.